The van der Waals surface area contributed by atoms with Gasteiger partial charge >= 0.3 is 0 Å². The summed E-state index contributed by atoms with van der Waals surface area (Å²) in [5.74, 6) is 1.56. The molecular formula is C33H34N3O+. The van der Waals surface area contributed by atoms with Crippen molar-refractivity contribution in [2.45, 2.75) is 38.8 Å². The molecule has 186 valence electrons. The SMILES string of the molecule is CC(C)C[N+]1(C)c2ccccc2C(C)C12C=Nc1c(cc(N3CCc4ccccc43)c3ccccc13)O2. The van der Waals surface area contributed by atoms with Gasteiger partial charge in [-0.3, -0.25) is 4.48 Å². The summed E-state index contributed by atoms with van der Waals surface area (Å²) in [6, 6.07) is 28.5. The fourth-order valence-electron chi connectivity index (χ4n) is 7.24. The minimum Gasteiger partial charge on any atom is -0.432 e. The van der Waals surface area contributed by atoms with Gasteiger partial charge in [0.1, 0.15) is 17.6 Å². The van der Waals surface area contributed by atoms with E-state index in [1.165, 1.54) is 33.6 Å². The third-order valence-corrected chi connectivity index (χ3v) is 8.85. The van der Waals surface area contributed by atoms with Crippen LogP contribution in [0.15, 0.2) is 83.9 Å². The molecule has 3 aliphatic heterocycles. The number of fused-ring (bicyclic) bond motifs is 5. The first-order valence-corrected chi connectivity index (χ1v) is 13.5. The second-order valence-electron chi connectivity index (χ2n) is 11.5. The van der Waals surface area contributed by atoms with Crippen LogP contribution in [0.25, 0.3) is 10.8 Å². The number of likely N-dealkylation sites (N-methyl/N-ethyl adjacent to an activating group) is 1. The standard InChI is InChI=1S/C33H34N3O/c1-22(2)20-36(4)30-16-10-8-12-25(30)23(3)33(36)21-34-32-27-14-7-6-13-26(27)29(19-31(32)37-33)35-18-17-24-11-5-9-15-28(24)35/h5-16,19,21-23H,17-18,20H2,1-4H3/q+1. The summed E-state index contributed by atoms with van der Waals surface area (Å²) in [5, 5.41) is 2.36. The van der Waals surface area contributed by atoms with Crippen molar-refractivity contribution in [1.29, 1.82) is 0 Å². The number of rotatable bonds is 3. The normalized spacial score (nSPS) is 25.4. The van der Waals surface area contributed by atoms with E-state index >= 15 is 0 Å². The average Bonchev–Trinajstić information content (AvgIpc) is 3.41. The van der Waals surface area contributed by atoms with Crippen LogP contribution in [-0.2, 0) is 6.42 Å². The summed E-state index contributed by atoms with van der Waals surface area (Å²) in [7, 11) is 2.33. The Hall–Kier alpha value is -3.63. The van der Waals surface area contributed by atoms with Gasteiger partial charge in [0, 0.05) is 40.6 Å². The number of nitrogens with zero attached hydrogens (tertiary/aromatic N) is 3. The molecule has 0 aromatic heterocycles. The Morgan fingerprint density at radius 2 is 1.70 bits per heavy atom. The average molecular weight is 489 g/mol. The Labute approximate surface area is 219 Å². The Bertz CT molecular complexity index is 1570. The number of hydrogen-bond donors (Lipinski definition) is 0. The number of anilines is 2. The van der Waals surface area contributed by atoms with E-state index in [1.54, 1.807) is 0 Å². The van der Waals surface area contributed by atoms with E-state index in [0.717, 1.165) is 36.3 Å². The Kier molecular flexibility index (Phi) is 4.84. The Morgan fingerprint density at radius 1 is 0.973 bits per heavy atom. The number of para-hydroxylation sites is 2. The monoisotopic (exact) mass is 488 g/mol. The number of aliphatic imine (C=N–C) groups is 1. The van der Waals surface area contributed by atoms with Crippen LogP contribution in [0.3, 0.4) is 0 Å². The van der Waals surface area contributed by atoms with Crippen molar-refractivity contribution in [1.82, 2.24) is 4.48 Å². The molecule has 4 heteroatoms. The molecule has 0 fully saturated rings. The molecule has 0 N–H and O–H groups in total. The fourth-order valence-corrected chi connectivity index (χ4v) is 7.24. The van der Waals surface area contributed by atoms with Gasteiger partial charge in [0.05, 0.1) is 25.2 Å². The largest absolute Gasteiger partial charge is 0.432 e. The van der Waals surface area contributed by atoms with Crippen LogP contribution >= 0.6 is 0 Å². The molecule has 4 aromatic rings. The zero-order chi connectivity index (χ0) is 25.4. The van der Waals surface area contributed by atoms with Crippen LogP contribution in [0.5, 0.6) is 5.75 Å². The van der Waals surface area contributed by atoms with Crippen molar-refractivity contribution in [2.75, 3.05) is 25.0 Å². The number of ether oxygens (including phenoxy) is 1. The van der Waals surface area contributed by atoms with Crippen LogP contribution in [0.4, 0.5) is 22.7 Å². The van der Waals surface area contributed by atoms with Gasteiger partial charge in [0.2, 0.25) is 0 Å². The highest BCUT2D eigenvalue weighted by Crippen LogP contribution is 2.56. The van der Waals surface area contributed by atoms with Gasteiger partial charge < -0.3 is 9.64 Å². The van der Waals surface area contributed by atoms with Crippen molar-refractivity contribution in [2.24, 2.45) is 10.9 Å². The predicted molar refractivity (Wildman–Crippen MR) is 155 cm³/mol. The molecule has 7 rings (SSSR count). The molecule has 0 amide bonds. The number of quaternary nitrogens is 1. The van der Waals surface area contributed by atoms with Crippen molar-refractivity contribution >= 4 is 39.7 Å². The summed E-state index contributed by atoms with van der Waals surface area (Å²) in [6.45, 7) is 8.85. The van der Waals surface area contributed by atoms with Crippen LogP contribution in [0, 0.1) is 5.92 Å². The molecule has 0 radical (unpaired) electrons. The van der Waals surface area contributed by atoms with E-state index < -0.39 is 5.72 Å². The molecule has 3 atom stereocenters. The lowest BCUT2D eigenvalue weighted by molar-refractivity contribution is -0.0110. The third kappa shape index (κ3) is 3.02. The van der Waals surface area contributed by atoms with Crippen LogP contribution in [-0.4, -0.2) is 32.1 Å². The number of hydrogen-bond acceptors (Lipinski definition) is 3. The number of benzene rings is 4. The molecule has 0 saturated carbocycles. The summed E-state index contributed by atoms with van der Waals surface area (Å²) in [4.78, 5) is 7.68. The van der Waals surface area contributed by atoms with E-state index in [2.05, 4.69) is 118 Å². The molecule has 4 nitrogen and oxygen atoms in total. The molecule has 0 bridgehead atoms. The molecule has 0 saturated heterocycles. The van der Waals surface area contributed by atoms with Crippen LogP contribution in [0.2, 0.25) is 0 Å². The van der Waals surface area contributed by atoms with Gasteiger partial charge in [0.15, 0.2) is 5.75 Å². The van der Waals surface area contributed by atoms with Gasteiger partial charge in [-0.1, -0.05) is 74.5 Å². The summed E-state index contributed by atoms with van der Waals surface area (Å²) >= 11 is 0. The first kappa shape index (κ1) is 22.6. The smallest absolute Gasteiger partial charge is 0.291 e. The fraction of sp³-hybridized carbons (Fsp3) is 0.303. The first-order valence-electron chi connectivity index (χ1n) is 13.5. The van der Waals surface area contributed by atoms with Gasteiger partial charge in [-0.25, -0.2) is 4.99 Å². The quantitative estimate of drug-likeness (QED) is 0.276. The zero-order valence-corrected chi connectivity index (χ0v) is 22.1. The lowest BCUT2D eigenvalue weighted by Crippen LogP contribution is -2.68. The van der Waals surface area contributed by atoms with E-state index in [4.69, 9.17) is 9.73 Å². The summed E-state index contributed by atoms with van der Waals surface area (Å²) in [5.41, 5.74) is 6.95. The highest BCUT2D eigenvalue weighted by Gasteiger charge is 2.63. The second kappa shape index (κ2) is 7.93. The van der Waals surface area contributed by atoms with Gasteiger partial charge in [-0.2, -0.15) is 0 Å². The molecule has 0 aliphatic carbocycles. The molecule has 4 aromatic carbocycles. The van der Waals surface area contributed by atoms with Crippen molar-refractivity contribution in [3.63, 3.8) is 0 Å². The summed E-state index contributed by atoms with van der Waals surface area (Å²) < 4.78 is 7.98. The van der Waals surface area contributed by atoms with E-state index in [9.17, 15) is 0 Å². The lowest BCUT2D eigenvalue weighted by atomic mass is 9.92. The molecule has 3 unspecified atom stereocenters. The second-order valence-corrected chi connectivity index (χ2v) is 11.5. The van der Waals surface area contributed by atoms with E-state index in [0.29, 0.717) is 10.4 Å². The van der Waals surface area contributed by atoms with Gasteiger partial charge in [-0.15, -0.1) is 0 Å². The Morgan fingerprint density at radius 3 is 2.54 bits per heavy atom. The zero-order valence-electron chi connectivity index (χ0n) is 22.1. The van der Waals surface area contributed by atoms with Crippen LogP contribution < -0.4 is 14.1 Å². The van der Waals surface area contributed by atoms with Crippen molar-refractivity contribution < 1.29 is 4.74 Å². The highest BCUT2D eigenvalue weighted by atomic mass is 16.5. The van der Waals surface area contributed by atoms with Crippen LogP contribution in [0.1, 0.15) is 37.8 Å². The molecule has 3 aliphatic rings. The molecular weight excluding hydrogens is 454 g/mol. The maximum absolute atomic E-state index is 7.28. The molecule has 1 spiro atoms. The van der Waals surface area contributed by atoms with E-state index in [-0.39, 0.29) is 5.92 Å². The maximum atomic E-state index is 7.28. The van der Waals surface area contributed by atoms with Gasteiger partial charge in [-0.05, 0) is 31.0 Å². The molecule has 3 heterocycles. The first-order chi connectivity index (χ1) is 17.9. The summed E-state index contributed by atoms with van der Waals surface area (Å²) in [6.07, 6.45) is 3.18. The molecule has 37 heavy (non-hydrogen) atoms. The minimum atomic E-state index is -0.594. The highest BCUT2D eigenvalue weighted by molar-refractivity contribution is 6.07. The predicted octanol–water partition coefficient (Wildman–Crippen LogP) is 7.74. The van der Waals surface area contributed by atoms with Gasteiger partial charge in [0.25, 0.3) is 5.72 Å². The maximum Gasteiger partial charge on any atom is 0.291 e. The lowest BCUT2D eigenvalue weighted by Gasteiger charge is -2.47. The van der Waals surface area contributed by atoms with Crippen molar-refractivity contribution in [3.8, 4) is 5.75 Å². The minimum absolute atomic E-state index is 0.173. The van der Waals surface area contributed by atoms with Crippen molar-refractivity contribution in [3.05, 3.63) is 90.0 Å². The Balaban J connectivity index is 1.43. The van der Waals surface area contributed by atoms with E-state index in [1.807, 2.05) is 0 Å². The third-order valence-electron chi connectivity index (χ3n) is 8.85. The topological polar surface area (TPSA) is 24.8 Å².